The molecule has 1 N–H and O–H groups in total. The van der Waals surface area contributed by atoms with E-state index in [9.17, 15) is 5.11 Å². The van der Waals surface area contributed by atoms with Crippen molar-refractivity contribution in [2.24, 2.45) is 16.7 Å². The van der Waals surface area contributed by atoms with Crippen LogP contribution >= 0.6 is 0 Å². The second-order valence-electron chi connectivity index (χ2n) is 13.6. The van der Waals surface area contributed by atoms with Crippen LogP contribution in [0.25, 0.3) is 0 Å². The van der Waals surface area contributed by atoms with Gasteiger partial charge in [-0.2, -0.15) is 0 Å². The molecule has 0 saturated carbocycles. The molecule has 0 unspecified atom stereocenters. The van der Waals surface area contributed by atoms with Crippen molar-refractivity contribution in [1.82, 2.24) is 0 Å². The fraction of sp³-hybridized carbons (Fsp3) is 0.463. The van der Waals surface area contributed by atoms with E-state index in [4.69, 9.17) is 0 Å². The zero-order valence-electron chi connectivity index (χ0n) is 29.3. The first-order valence-corrected chi connectivity index (χ1v) is 15.6. The normalized spacial score (nSPS) is 17.1. The third kappa shape index (κ3) is 17.8. The van der Waals surface area contributed by atoms with Crippen molar-refractivity contribution in [1.29, 1.82) is 0 Å². The van der Waals surface area contributed by atoms with Crippen molar-refractivity contribution in [2.45, 2.75) is 103 Å². The van der Waals surface area contributed by atoms with E-state index in [-0.39, 0.29) is 23.4 Å². The maximum atomic E-state index is 9.29. The van der Waals surface area contributed by atoms with Gasteiger partial charge in [0.05, 0.1) is 6.61 Å². The highest BCUT2D eigenvalue weighted by atomic mass is 16.2. The summed E-state index contributed by atoms with van der Waals surface area (Å²) in [4.78, 5) is 0. The zero-order chi connectivity index (χ0) is 32.3. The van der Waals surface area contributed by atoms with E-state index in [0.29, 0.717) is 0 Å². The second kappa shape index (κ2) is 20.1. The molecule has 0 fully saturated rings. The van der Waals surface area contributed by atoms with Crippen LogP contribution in [0.5, 0.6) is 0 Å². The van der Waals surface area contributed by atoms with Gasteiger partial charge in [-0.15, -0.1) is 0 Å². The molecule has 0 amide bonds. The quantitative estimate of drug-likeness (QED) is 0.163. The lowest BCUT2D eigenvalue weighted by Gasteiger charge is -2.29. The molecule has 0 aliphatic carbocycles. The van der Waals surface area contributed by atoms with Crippen molar-refractivity contribution in [2.75, 3.05) is 6.61 Å². The molecule has 1 heteroatoms. The van der Waals surface area contributed by atoms with Crippen LogP contribution in [0, 0.1) is 16.7 Å². The van der Waals surface area contributed by atoms with Crippen molar-refractivity contribution in [3.05, 3.63) is 130 Å². The van der Waals surface area contributed by atoms with Crippen LogP contribution in [0.15, 0.2) is 130 Å². The molecule has 0 saturated heterocycles. The average molecular weight is 571 g/mol. The highest BCUT2D eigenvalue weighted by molar-refractivity contribution is 5.36. The smallest absolute Gasteiger partial charge is 0.0615 e. The van der Waals surface area contributed by atoms with E-state index >= 15 is 0 Å². The Morgan fingerprint density at radius 2 is 1.07 bits per heavy atom. The summed E-state index contributed by atoms with van der Waals surface area (Å²) in [5, 5.41) is 9.29. The van der Waals surface area contributed by atoms with Gasteiger partial charge in [-0.1, -0.05) is 179 Å². The predicted molar refractivity (Wildman–Crippen MR) is 192 cm³/mol. The van der Waals surface area contributed by atoms with Crippen LogP contribution in [0.3, 0.4) is 0 Å². The van der Waals surface area contributed by atoms with Gasteiger partial charge in [0.15, 0.2) is 0 Å². The minimum atomic E-state index is 0.0840. The molecule has 0 bridgehead atoms. The molecule has 1 nitrogen and oxygen atoms in total. The van der Waals surface area contributed by atoms with Crippen molar-refractivity contribution < 1.29 is 5.11 Å². The molecular weight excluding hydrogens is 508 g/mol. The van der Waals surface area contributed by atoms with Gasteiger partial charge < -0.3 is 5.11 Å². The van der Waals surface area contributed by atoms with Crippen LogP contribution in [-0.2, 0) is 0 Å². The van der Waals surface area contributed by atoms with E-state index in [1.54, 1.807) is 0 Å². The summed E-state index contributed by atoms with van der Waals surface area (Å²) in [5.74, 6) is 0.288. The molecule has 0 radical (unpaired) electrons. The Hall–Kier alpha value is -2.90. The maximum Gasteiger partial charge on any atom is 0.0615 e. The molecule has 0 spiro atoms. The number of rotatable bonds is 14. The van der Waals surface area contributed by atoms with Gasteiger partial charge in [0.1, 0.15) is 0 Å². The lowest BCUT2D eigenvalue weighted by Crippen LogP contribution is -2.19. The van der Waals surface area contributed by atoms with E-state index in [1.165, 1.54) is 45.4 Å². The van der Waals surface area contributed by atoms with Gasteiger partial charge >= 0.3 is 0 Å². The van der Waals surface area contributed by atoms with Gasteiger partial charge in [-0.3, -0.25) is 0 Å². The number of aliphatic hydroxyl groups is 1. The third-order valence-electron chi connectivity index (χ3n) is 7.06. The van der Waals surface area contributed by atoms with Gasteiger partial charge in [0.25, 0.3) is 0 Å². The van der Waals surface area contributed by atoms with E-state index in [0.717, 1.165) is 6.42 Å². The first-order chi connectivity index (χ1) is 19.5. The zero-order valence-corrected chi connectivity index (χ0v) is 29.3. The predicted octanol–water partition coefficient (Wildman–Crippen LogP) is 12.3. The Bertz CT molecular complexity index is 1160. The van der Waals surface area contributed by atoms with Crippen molar-refractivity contribution >= 4 is 0 Å². The Labute approximate surface area is 261 Å². The van der Waals surface area contributed by atoms with Gasteiger partial charge in [0, 0.05) is 5.92 Å². The largest absolute Gasteiger partial charge is 0.392 e. The first kappa shape index (κ1) is 39.1. The number of allylic oxidation sites excluding steroid dienone is 21. The molecule has 0 rings (SSSR count). The van der Waals surface area contributed by atoms with Crippen LogP contribution in [0.2, 0.25) is 0 Å². The molecule has 0 aliphatic heterocycles. The molecular formula is C41H62O. The topological polar surface area (TPSA) is 20.2 Å². The summed E-state index contributed by atoms with van der Waals surface area (Å²) in [7, 11) is 0. The molecule has 0 aromatic rings. The minimum Gasteiger partial charge on any atom is -0.392 e. The van der Waals surface area contributed by atoms with E-state index in [2.05, 4.69) is 175 Å². The summed E-state index contributed by atoms with van der Waals surface area (Å²) in [6.45, 7) is 28.8. The van der Waals surface area contributed by atoms with Crippen LogP contribution < -0.4 is 0 Å². The van der Waals surface area contributed by atoms with E-state index < -0.39 is 0 Å². The Kier molecular flexibility index (Phi) is 18.7. The van der Waals surface area contributed by atoms with Gasteiger partial charge in [-0.05, 0) is 64.4 Å². The summed E-state index contributed by atoms with van der Waals surface area (Å²) < 4.78 is 0. The molecule has 0 aromatic carbocycles. The highest BCUT2D eigenvalue weighted by Gasteiger charge is 2.23. The molecule has 0 aliphatic rings. The molecule has 42 heavy (non-hydrogen) atoms. The van der Waals surface area contributed by atoms with Crippen LogP contribution in [-0.4, -0.2) is 11.7 Å². The van der Waals surface area contributed by atoms with Gasteiger partial charge in [-0.25, -0.2) is 0 Å². The average Bonchev–Trinajstić information content (AvgIpc) is 2.85. The van der Waals surface area contributed by atoms with Crippen LogP contribution in [0.1, 0.15) is 103 Å². The Morgan fingerprint density at radius 1 is 0.619 bits per heavy atom. The second-order valence-corrected chi connectivity index (χ2v) is 13.6. The molecule has 232 valence electrons. The Morgan fingerprint density at radius 3 is 1.50 bits per heavy atom. The van der Waals surface area contributed by atoms with Crippen molar-refractivity contribution in [3.63, 3.8) is 0 Å². The molecule has 1 atom stereocenters. The standard InChI is InChI=1S/C41H62O/c1-14-19-36(6)38(40(8,9)10)28-26-34(4)24-17-22-32(2)20-15-16-21-33(3)23-18-25-35(5)27-29-39(41(11,12)13)37(7)30-31-42/h15-18,20-30,39,42H,14,19,31H2,1-13H3/b16-15+,22-17+,23-18+,28-26+,29-27+,32-20+,33-21+,34-24+,35-25+,37-30-,38-36-/t39-/m0/s1. The Balaban J connectivity index is 5.21. The molecule has 0 aromatic heterocycles. The monoisotopic (exact) mass is 570 g/mol. The van der Waals surface area contributed by atoms with Crippen LogP contribution in [0.4, 0.5) is 0 Å². The first-order valence-electron chi connectivity index (χ1n) is 15.6. The minimum absolute atomic E-state index is 0.0840. The summed E-state index contributed by atoms with van der Waals surface area (Å²) in [6.07, 6.45) is 34.4. The SMILES string of the molecule is CCC/C(C)=C(/C=C/C(C)=C/C=C/C(C)=C/C=C/C=C(C)/C=C/C=C(C)/C=C/[C@@H](/C(C)=C\CO)C(C)(C)C)C(C)(C)C. The fourth-order valence-electron chi connectivity index (χ4n) is 4.74. The fourth-order valence-corrected chi connectivity index (χ4v) is 4.74. The van der Waals surface area contributed by atoms with E-state index in [1.807, 2.05) is 6.08 Å². The number of hydrogen-bond acceptors (Lipinski definition) is 1. The van der Waals surface area contributed by atoms with Crippen molar-refractivity contribution in [3.8, 4) is 0 Å². The highest BCUT2D eigenvalue weighted by Crippen LogP contribution is 2.33. The lowest BCUT2D eigenvalue weighted by molar-refractivity contribution is 0.318. The third-order valence-corrected chi connectivity index (χ3v) is 7.06. The summed E-state index contributed by atoms with van der Waals surface area (Å²) in [6, 6.07) is 0. The number of aliphatic hydroxyl groups excluding tert-OH is 1. The molecule has 0 heterocycles. The lowest BCUT2D eigenvalue weighted by atomic mass is 9.76. The summed E-state index contributed by atoms with van der Waals surface area (Å²) >= 11 is 0. The summed E-state index contributed by atoms with van der Waals surface area (Å²) in [5.41, 5.74) is 9.23. The van der Waals surface area contributed by atoms with Gasteiger partial charge in [0.2, 0.25) is 0 Å². The number of hydrogen-bond donors (Lipinski definition) is 1. The maximum absolute atomic E-state index is 9.29.